The molecule has 0 spiro atoms. The van der Waals surface area contributed by atoms with Crippen molar-refractivity contribution in [2.75, 3.05) is 0 Å². The van der Waals surface area contributed by atoms with Crippen molar-refractivity contribution in [3.8, 4) is 45.5 Å². The Morgan fingerprint density at radius 1 is 0.308 bits per heavy atom. The lowest BCUT2D eigenvalue weighted by molar-refractivity contribution is 0.668. The third-order valence-electron chi connectivity index (χ3n) is 13.1. The van der Waals surface area contributed by atoms with Gasteiger partial charge in [-0.15, -0.1) is 0 Å². The van der Waals surface area contributed by atoms with Crippen molar-refractivity contribution in [1.29, 1.82) is 0 Å². The first kappa shape index (κ1) is 35.7. The summed E-state index contributed by atoms with van der Waals surface area (Å²) in [5.41, 5.74) is 10.7. The molecule has 302 valence electrons. The summed E-state index contributed by atoms with van der Waals surface area (Å²) in [7, 11) is 0. The zero-order valence-electron chi connectivity index (χ0n) is 34.9. The Kier molecular flexibility index (Phi) is 7.59. The number of aromatic nitrogens is 5. The van der Waals surface area contributed by atoms with Crippen LogP contribution in [0, 0.1) is 0 Å². The normalized spacial score (nSPS) is 12.0. The summed E-state index contributed by atoms with van der Waals surface area (Å²) >= 11 is 0. The molecular formula is C59H35N5O. The Morgan fingerprint density at radius 2 is 0.877 bits per heavy atom. The van der Waals surface area contributed by atoms with E-state index in [1.54, 1.807) is 0 Å². The van der Waals surface area contributed by atoms with Crippen LogP contribution in [-0.4, -0.2) is 24.1 Å². The zero-order chi connectivity index (χ0) is 42.6. The molecule has 14 rings (SSSR count). The average molecular weight is 830 g/mol. The Labute approximate surface area is 371 Å². The molecule has 0 saturated carbocycles. The van der Waals surface area contributed by atoms with E-state index in [1.807, 2.05) is 12.1 Å². The van der Waals surface area contributed by atoms with E-state index in [0.717, 1.165) is 99.0 Å². The van der Waals surface area contributed by atoms with E-state index in [-0.39, 0.29) is 0 Å². The summed E-state index contributed by atoms with van der Waals surface area (Å²) < 4.78 is 11.4. The molecule has 0 aliphatic heterocycles. The highest BCUT2D eigenvalue weighted by atomic mass is 16.3. The highest BCUT2D eigenvalue weighted by Crippen LogP contribution is 2.43. The van der Waals surface area contributed by atoms with E-state index in [4.69, 9.17) is 19.4 Å². The van der Waals surface area contributed by atoms with E-state index in [0.29, 0.717) is 17.5 Å². The van der Waals surface area contributed by atoms with E-state index in [9.17, 15) is 0 Å². The van der Waals surface area contributed by atoms with Gasteiger partial charge in [0.2, 0.25) is 0 Å². The topological polar surface area (TPSA) is 61.7 Å². The maximum Gasteiger partial charge on any atom is 0.166 e. The van der Waals surface area contributed by atoms with Crippen LogP contribution in [0.25, 0.3) is 133 Å². The van der Waals surface area contributed by atoms with Gasteiger partial charge in [-0.1, -0.05) is 152 Å². The average Bonchev–Trinajstić information content (AvgIpc) is 4.02. The van der Waals surface area contributed by atoms with E-state index in [1.165, 1.54) is 16.2 Å². The molecule has 6 nitrogen and oxygen atoms in total. The zero-order valence-corrected chi connectivity index (χ0v) is 34.9. The fraction of sp³-hybridized carbons (Fsp3) is 0. The van der Waals surface area contributed by atoms with Crippen LogP contribution >= 0.6 is 0 Å². The maximum atomic E-state index is 6.67. The van der Waals surface area contributed by atoms with Gasteiger partial charge in [0.25, 0.3) is 0 Å². The summed E-state index contributed by atoms with van der Waals surface area (Å²) in [5.74, 6) is 1.76. The van der Waals surface area contributed by atoms with Crippen molar-refractivity contribution < 1.29 is 4.42 Å². The monoisotopic (exact) mass is 829 g/mol. The first-order chi connectivity index (χ1) is 32.2. The van der Waals surface area contributed by atoms with Crippen LogP contribution in [0.4, 0.5) is 0 Å². The van der Waals surface area contributed by atoms with Crippen LogP contribution in [0.2, 0.25) is 0 Å². The molecule has 0 aliphatic rings. The largest absolute Gasteiger partial charge is 0.456 e. The summed E-state index contributed by atoms with van der Waals surface area (Å²) in [6.45, 7) is 0. The van der Waals surface area contributed by atoms with E-state index in [2.05, 4.69) is 209 Å². The molecule has 0 aliphatic carbocycles. The van der Waals surface area contributed by atoms with Gasteiger partial charge < -0.3 is 13.6 Å². The second kappa shape index (κ2) is 13.8. The number of fused-ring (bicyclic) bond motifs is 11. The Balaban J connectivity index is 1.13. The van der Waals surface area contributed by atoms with Gasteiger partial charge in [0.15, 0.2) is 17.5 Å². The van der Waals surface area contributed by atoms with Crippen LogP contribution in [-0.2, 0) is 0 Å². The van der Waals surface area contributed by atoms with Gasteiger partial charge in [-0.05, 0) is 76.1 Å². The lowest BCUT2D eigenvalue weighted by Gasteiger charge is -2.16. The minimum Gasteiger partial charge on any atom is -0.456 e. The lowest BCUT2D eigenvalue weighted by Crippen LogP contribution is -2.04. The third kappa shape index (κ3) is 5.38. The number of benzene rings is 10. The van der Waals surface area contributed by atoms with Crippen LogP contribution in [0.3, 0.4) is 0 Å². The number of furan rings is 1. The van der Waals surface area contributed by atoms with Crippen molar-refractivity contribution in [3.63, 3.8) is 0 Å². The smallest absolute Gasteiger partial charge is 0.166 e. The van der Waals surface area contributed by atoms with Crippen molar-refractivity contribution in [3.05, 3.63) is 212 Å². The number of nitrogens with zero attached hydrogens (tertiary/aromatic N) is 5. The molecule has 0 radical (unpaired) electrons. The van der Waals surface area contributed by atoms with E-state index < -0.39 is 0 Å². The van der Waals surface area contributed by atoms with Gasteiger partial charge in [0.05, 0.1) is 27.8 Å². The molecule has 4 aromatic heterocycles. The fourth-order valence-corrected chi connectivity index (χ4v) is 10.3. The predicted octanol–water partition coefficient (Wildman–Crippen LogP) is 15.3. The molecule has 65 heavy (non-hydrogen) atoms. The van der Waals surface area contributed by atoms with Gasteiger partial charge in [-0.3, -0.25) is 0 Å². The first-order valence-corrected chi connectivity index (χ1v) is 21.9. The molecule has 14 aromatic rings. The number of hydrogen-bond acceptors (Lipinski definition) is 4. The van der Waals surface area contributed by atoms with Gasteiger partial charge in [0.1, 0.15) is 11.2 Å². The molecule has 4 heterocycles. The predicted molar refractivity (Wildman–Crippen MR) is 267 cm³/mol. The highest BCUT2D eigenvalue weighted by Gasteiger charge is 2.24. The van der Waals surface area contributed by atoms with Gasteiger partial charge >= 0.3 is 0 Å². The van der Waals surface area contributed by atoms with Crippen molar-refractivity contribution in [2.45, 2.75) is 0 Å². The van der Waals surface area contributed by atoms with Gasteiger partial charge in [-0.25, -0.2) is 15.0 Å². The molecule has 0 bridgehead atoms. The first-order valence-electron chi connectivity index (χ1n) is 21.9. The molecular weight excluding hydrogens is 795 g/mol. The van der Waals surface area contributed by atoms with E-state index >= 15 is 0 Å². The number of hydrogen-bond donors (Lipinski definition) is 0. The second-order valence-corrected chi connectivity index (χ2v) is 16.8. The molecule has 0 N–H and O–H groups in total. The molecule has 0 atom stereocenters. The molecule has 0 fully saturated rings. The third-order valence-corrected chi connectivity index (χ3v) is 13.1. The SMILES string of the molecule is c1ccc(-n2c3ccccc3c3c(-c4nc(-c5cc6c(cc5-n5c7ccccc7c7cc8ccccc8cc75)oc5ccccc56)nc(-c5cccc6ccccc56)n4)cccc32)cc1. The Morgan fingerprint density at radius 3 is 1.69 bits per heavy atom. The Hall–Kier alpha value is -8.87. The van der Waals surface area contributed by atoms with Crippen LogP contribution < -0.4 is 0 Å². The number of rotatable bonds is 5. The summed E-state index contributed by atoms with van der Waals surface area (Å²) in [5, 5.41) is 11.1. The molecule has 10 aromatic carbocycles. The standard InChI is InChI=1S/C59H35N5O/c1-2-20-39(21-3-1)63-50-29-12-9-25-44(50)56-45(27-15-30-51(56)63)58-60-57(43-26-14-19-36-16-6-7-22-40(36)43)61-59(62-58)48-34-47-42-24-10-13-31-54(42)65-55(47)35-53(48)64-49-28-11-8-23-41(49)46-32-37-17-4-5-18-38(37)33-52(46)64/h1-35H. The van der Waals surface area contributed by atoms with Gasteiger partial charge in [0, 0.05) is 60.8 Å². The quantitative estimate of drug-likeness (QED) is 0.173. The van der Waals surface area contributed by atoms with Crippen LogP contribution in [0.15, 0.2) is 217 Å². The summed E-state index contributed by atoms with van der Waals surface area (Å²) in [6, 6.07) is 75.0. The van der Waals surface area contributed by atoms with Crippen LogP contribution in [0.1, 0.15) is 0 Å². The van der Waals surface area contributed by atoms with Crippen molar-refractivity contribution >= 4 is 87.1 Å². The van der Waals surface area contributed by atoms with Gasteiger partial charge in [-0.2, -0.15) is 0 Å². The fourth-order valence-electron chi connectivity index (χ4n) is 10.3. The molecule has 6 heteroatoms. The van der Waals surface area contributed by atoms with Crippen LogP contribution in [0.5, 0.6) is 0 Å². The molecule has 0 unspecified atom stereocenters. The van der Waals surface area contributed by atoms with Crippen molar-refractivity contribution in [1.82, 2.24) is 24.1 Å². The second-order valence-electron chi connectivity index (χ2n) is 16.8. The lowest BCUT2D eigenvalue weighted by atomic mass is 10.0. The minimum atomic E-state index is 0.565. The molecule has 0 saturated heterocycles. The minimum absolute atomic E-state index is 0.565. The maximum absolute atomic E-state index is 6.67. The Bertz CT molecular complexity index is 4250. The molecule has 0 amide bonds. The summed E-state index contributed by atoms with van der Waals surface area (Å²) in [4.78, 5) is 16.6. The summed E-state index contributed by atoms with van der Waals surface area (Å²) in [6.07, 6.45) is 0. The number of para-hydroxylation sites is 4. The van der Waals surface area contributed by atoms with Crippen molar-refractivity contribution in [2.24, 2.45) is 0 Å². The highest BCUT2D eigenvalue weighted by molar-refractivity contribution is 6.17.